The first-order chi connectivity index (χ1) is 14.0. The summed E-state index contributed by atoms with van der Waals surface area (Å²) in [5.74, 6) is 0.426. The number of hydrogen-bond acceptors (Lipinski definition) is 4. The van der Waals surface area contributed by atoms with Gasteiger partial charge in [-0.25, -0.2) is 0 Å². The zero-order chi connectivity index (χ0) is 20.5. The first-order valence-corrected chi connectivity index (χ1v) is 9.50. The topological polar surface area (TPSA) is 53.8 Å². The molecule has 0 unspecified atom stereocenters. The highest BCUT2D eigenvalue weighted by Crippen LogP contribution is 2.30. The second-order valence-electron chi connectivity index (χ2n) is 6.66. The highest BCUT2D eigenvalue weighted by Gasteiger charge is 2.41. The lowest BCUT2D eigenvalue weighted by Gasteiger charge is -2.36. The Morgan fingerprint density at radius 2 is 1.31 bits per heavy atom. The van der Waals surface area contributed by atoms with Gasteiger partial charge in [0.1, 0.15) is 17.1 Å². The summed E-state index contributed by atoms with van der Waals surface area (Å²) in [4.78, 5) is 29.4. The van der Waals surface area contributed by atoms with Crippen LogP contribution in [0.15, 0.2) is 76.7 Å². The molecule has 1 aliphatic rings. The summed E-state index contributed by atoms with van der Waals surface area (Å²) in [7, 11) is 0. The van der Waals surface area contributed by atoms with Gasteiger partial charge in [0.05, 0.1) is 11.4 Å². The zero-order valence-corrected chi connectivity index (χ0v) is 16.8. The number of amides is 2. The number of benzene rings is 2. The van der Waals surface area contributed by atoms with Crippen molar-refractivity contribution in [2.24, 2.45) is 0 Å². The van der Waals surface area contributed by atoms with Gasteiger partial charge in [0, 0.05) is 5.56 Å². The standard InChI is InChI=1S/C23H18N2O3S/c1-15-13-17(16(2)28-15)14-20-21(26)24(18-9-5-3-6-10-18)23(29)25(22(20)27)19-11-7-4-8-12-19/h3-14H,1-2H3. The lowest BCUT2D eigenvalue weighted by Crippen LogP contribution is -2.56. The molecule has 1 aromatic heterocycles. The second kappa shape index (κ2) is 7.48. The quantitative estimate of drug-likeness (QED) is 0.364. The smallest absolute Gasteiger partial charge is 0.270 e. The second-order valence-corrected chi connectivity index (χ2v) is 7.03. The highest BCUT2D eigenvalue weighted by atomic mass is 32.1. The molecule has 144 valence electrons. The Hall–Kier alpha value is -3.51. The molecule has 3 aromatic rings. The van der Waals surface area contributed by atoms with Crippen molar-refractivity contribution >= 4 is 46.6 Å². The molecule has 1 saturated heterocycles. The molecule has 0 spiro atoms. The summed E-state index contributed by atoms with van der Waals surface area (Å²) in [5.41, 5.74) is 1.91. The molecule has 1 fully saturated rings. The number of carbonyl (C=O) groups excluding carboxylic acids is 2. The number of anilines is 2. The molecule has 2 heterocycles. The van der Waals surface area contributed by atoms with Gasteiger partial charge in [-0.3, -0.25) is 19.4 Å². The predicted molar refractivity (Wildman–Crippen MR) is 117 cm³/mol. The predicted octanol–water partition coefficient (Wildman–Crippen LogP) is 4.64. The lowest BCUT2D eigenvalue weighted by atomic mass is 10.1. The van der Waals surface area contributed by atoms with E-state index >= 15 is 0 Å². The molecule has 0 saturated carbocycles. The monoisotopic (exact) mass is 402 g/mol. The van der Waals surface area contributed by atoms with Gasteiger partial charge < -0.3 is 4.42 Å². The van der Waals surface area contributed by atoms with E-state index in [0.29, 0.717) is 28.5 Å². The van der Waals surface area contributed by atoms with E-state index in [1.807, 2.05) is 43.3 Å². The minimum atomic E-state index is -0.461. The molecule has 1 aliphatic heterocycles. The fourth-order valence-electron chi connectivity index (χ4n) is 3.29. The van der Waals surface area contributed by atoms with E-state index in [2.05, 4.69) is 0 Å². The Balaban J connectivity index is 1.88. The maximum atomic E-state index is 13.3. The Labute approximate surface area is 173 Å². The molecule has 6 heteroatoms. The molecule has 0 aliphatic carbocycles. The van der Waals surface area contributed by atoms with E-state index in [9.17, 15) is 9.59 Å². The first kappa shape index (κ1) is 18.8. The van der Waals surface area contributed by atoms with Crippen molar-refractivity contribution in [2.45, 2.75) is 13.8 Å². The van der Waals surface area contributed by atoms with Crippen molar-refractivity contribution < 1.29 is 14.0 Å². The maximum Gasteiger partial charge on any atom is 0.270 e. The SMILES string of the molecule is Cc1cc(C=C2C(=O)N(c3ccccc3)C(=S)N(c3ccccc3)C2=O)c(C)o1. The molecule has 0 radical (unpaired) electrons. The van der Waals surface area contributed by atoms with Crippen LogP contribution in [0.4, 0.5) is 11.4 Å². The van der Waals surface area contributed by atoms with Crippen LogP contribution in [0, 0.1) is 13.8 Å². The Morgan fingerprint density at radius 3 is 1.72 bits per heavy atom. The third kappa shape index (κ3) is 3.39. The highest BCUT2D eigenvalue weighted by molar-refractivity contribution is 7.81. The fraction of sp³-hybridized carbons (Fsp3) is 0.0870. The molecule has 4 rings (SSSR count). The summed E-state index contributed by atoms with van der Waals surface area (Å²) < 4.78 is 5.55. The number of para-hydroxylation sites is 2. The van der Waals surface area contributed by atoms with Crippen LogP contribution in [0.1, 0.15) is 17.1 Å². The van der Waals surface area contributed by atoms with Crippen LogP contribution >= 0.6 is 12.2 Å². The number of nitrogens with zero attached hydrogens (tertiary/aromatic N) is 2. The average Bonchev–Trinajstić information content (AvgIpc) is 3.04. The maximum absolute atomic E-state index is 13.3. The van der Waals surface area contributed by atoms with Gasteiger partial charge in [0.15, 0.2) is 5.11 Å². The Kier molecular flexibility index (Phi) is 4.86. The van der Waals surface area contributed by atoms with Gasteiger partial charge in [-0.05, 0) is 62.5 Å². The molecular formula is C23H18N2O3S. The molecular weight excluding hydrogens is 384 g/mol. The van der Waals surface area contributed by atoms with Crippen LogP contribution < -0.4 is 9.80 Å². The van der Waals surface area contributed by atoms with Crippen LogP contribution in [0.25, 0.3) is 6.08 Å². The largest absolute Gasteiger partial charge is 0.466 e. The van der Waals surface area contributed by atoms with E-state index in [4.69, 9.17) is 16.6 Å². The molecule has 29 heavy (non-hydrogen) atoms. The molecule has 2 amide bonds. The first-order valence-electron chi connectivity index (χ1n) is 9.09. The number of furan rings is 1. The van der Waals surface area contributed by atoms with Crippen LogP contribution in [0.5, 0.6) is 0 Å². The van der Waals surface area contributed by atoms with Gasteiger partial charge in [-0.2, -0.15) is 0 Å². The molecule has 0 N–H and O–H groups in total. The van der Waals surface area contributed by atoms with Gasteiger partial charge >= 0.3 is 0 Å². The van der Waals surface area contributed by atoms with Crippen molar-refractivity contribution in [1.82, 2.24) is 0 Å². The summed E-state index contributed by atoms with van der Waals surface area (Å²) in [6.45, 7) is 3.62. The third-order valence-corrected chi connectivity index (χ3v) is 5.02. The van der Waals surface area contributed by atoms with E-state index < -0.39 is 11.8 Å². The number of rotatable bonds is 3. The lowest BCUT2D eigenvalue weighted by molar-refractivity contribution is -0.120. The molecule has 2 aromatic carbocycles. The van der Waals surface area contributed by atoms with Gasteiger partial charge in [0.25, 0.3) is 11.8 Å². The van der Waals surface area contributed by atoms with Crippen LogP contribution in [0.2, 0.25) is 0 Å². The summed E-state index contributed by atoms with van der Waals surface area (Å²) in [6.07, 6.45) is 1.57. The normalized spacial score (nSPS) is 14.6. The minimum Gasteiger partial charge on any atom is -0.466 e. The van der Waals surface area contributed by atoms with Crippen molar-refractivity contribution in [1.29, 1.82) is 0 Å². The van der Waals surface area contributed by atoms with Gasteiger partial charge in [-0.15, -0.1) is 0 Å². The van der Waals surface area contributed by atoms with E-state index in [-0.39, 0.29) is 10.7 Å². The van der Waals surface area contributed by atoms with Crippen molar-refractivity contribution in [3.8, 4) is 0 Å². The molecule has 0 bridgehead atoms. The fourth-order valence-corrected chi connectivity index (χ4v) is 3.67. The molecule has 5 nitrogen and oxygen atoms in total. The molecule has 0 atom stereocenters. The van der Waals surface area contributed by atoms with Crippen LogP contribution in [-0.2, 0) is 9.59 Å². The van der Waals surface area contributed by atoms with E-state index in [0.717, 1.165) is 0 Å². The van der Waals surface area contributed by atoms with Crippen molar-refractivity contribution in [3.63, 3.8) is 0 Å². The number of aryl methyl sites for hydroxylation is 2. The van der Waals surface area contributed by atoms with Crippen LogP contribution in [0.3, 0.4) is 0 Å². The number of carbonyl (C=O) groups is 2. The van der Waals surface area contributed by atoms with Crippen molar-refractivity contribution in [3.05, 3.63) is 89.4 Å². The summed E-state index contributed by atoms with van der Waals surface area (Å²) in [6, 6.07) is 19.9. The minimum absolute atomic E-state index is 0.0233. The van der Waals surface area contributed by atoms with E-state index in [1.54, 1.807) is 43.3 Å². The number of hydrogen-bond donors (Lipinski definition) is 0. The van der Waals surface area contributed by atoms with Crippen LogP contribution in [-0.4, -0.2) is 16.9 Å². The third-order valence-electron chi connectivity index (χ3n) is 4.66. The van der Waals surface area contributed by atoms with Crippen molar-refractivity contribution in [2.75, 3.05) is 9.80 Å². The average molecular weight is 402 g/mol. The summed E-state index contributed by atoms with van der Waals surface area (Å²) >= 11 is 5.58. The Morgan fingerprint density at radius 1 is 0.828 bits per heavy atom. The zero-order valence-electron chi connectivity index (χ0n) is 16.0. The number of thiocarbonyl (C=S) groups is 1. The van der Waals surface area contributed by atoms with E-state index in [1.165, 1.54) is 9.80 Å². The summed E-state index contributed by atoms with van der Waals surface area (Å²) in [5, 5.41) is 0.120. The van der Waals surface area contributed by atoms with Gasteiger partial charge in [0.2, 0.25) is 0 Å². The van der Waals surface area contributed by atoms with Gasteiger partial charge in [-0.1, -0.05) is 36.4 Å². The Bertz CT molecular complexity index is 1070.